The normalized spacial score (nSPS) is 15.2. The van der Waals surface area contributed by atoms with Gasteiger partial charge in [-0.3, -0.25) is 9.69 Å². The first kappa shape index (κ1) is 28.6. The van der Waals surface area contributed by atoms with E-state index in [0.29, 0.717) is 19.4 Å². The summed E-state index contributed by atoms with van der Waals surface area (Å²) in [6.45, 7) is 5.37. The molecule has 1 saturated heterocycles. The van der Waals surface area contributed by atoms with Crippen molar-refractivity contribution in [3.8, 4) is 0 Å². The minimum absolute atomic E-state index is 0.204. The third-order valence-corrected chi connectivity index (χ3v) is 5.82. The number of carboxylic acid groups (broad SMARTS) is 2. The third-order valence-electron chi connectivity index (χ3n) is 5.82. The van der Waals surface area contributed by atoms with E-state index in [1.807, 2.05) is 6.07 Å². The first-order valence-electron chi connectivity index (χ1n) is 12.0. The maximum atomic E-state index is 12.4. The minimum atomic E-state index is -1.82. The van der Waals surface area contributed by atoms with E-state index >= 15 is 0 Å². The Kier molecular flexibility index (Phi) is 14.0. The summed E-state index contributed by atoms with van der Waals surface area (Å²) in [5.41, 5.74) is 6.87. The van der Waals surface area contributed by atoms with E-state index in [2.05, 4.69) is 36.1 Å². The zero-order valence-electron chi connectivity index (χ0n) is 19.8. The monoisotopic (exact) mass is 464 g/mol. The molecule has 0 unspecified atom stereocenters. The number of hydrogen-bond acceptors (Lipinski definition) is 6. The van der Waals surface area contributed by atoms with Crippen molar-refractivity contribution >= 4 is 17.9 Å². The molecule has 0 saturated carbocycles. The summed E-state index contributed by atoms with van der Waals surface area (Å²) in [6.07, 6.45) is 11.3. The summed E-state index contributed by atoms with van der Waals surface area (Å²) in [4.78, 5) is 33.0. The fourth-order valence-corrected chi connectivity index (χ4v) is 3.70. The van der Waals surface area contributed by atoms with E-state index in [1.165, 1.54) is 44.1 Å². The van der Waals surface area contributed by atoms with E-state index in [-0.39, 0.29) is 5.97 Å². The molecule has 1 fully saturated rings. The van der Waals surface area contributed by atoms with Gasteiger partial charge in [0.05, 0.1) is 6.61 Å². The van der Waals surface area contributed by atoms with Crippen molar-refractivity contribution < 1.29 is 29.3 Å². The van der Waals surface area contributed by atoms with Crippen molar-refractivity contribution in [2.45, 2.75) is 83.2 Å². The smallest absolute Gasteiger partial charge is 0.414 e. The Hall–Kier alpha value is -2.45. The number of nitrogens with two attached hydrogens (primary N) is 1. The SMILES string of the molecule is CCCCCCCCCCOC(=O)C1(N)CCN(Cc2ccccc2)CC1.O=C(O)C(=O)O. The average molecular weight is 465 g/mol. The Morgan fingerprint density at radius 3 is 1.94 bits per heavy atom. The molecule has 2 rings (SSSR count). The Balaban J connectivity index is 0.000000801. The van der Waals surface area contributed by atoms with Gasteiger partial charge in [-0.25, -0.2) is 9.59 Å². The van der Waals surface area contributed by atoms with Crippen molar-refractivity contribution in [3.05, 3.63) is 35.9 Å². The van der Waals surface area contributed by atoms with E-state index in [4.69, 9.17) is 30.3 Å². The van der Waals surface area contributed by atoms with Crippen molar-refractivity contribution in [2.75, 3.05) is 19.7 Å². The van der Waals surface area contributed by atoms with Crippen LogP contribution in [0.5, 0.6) is 0 Å². The number of ether oxygens (including phenoxy) is 1. The minimum Gasteiger partial charge on any atom is -0.473 e. The first-order chi connectivity index (χ1) is 15.8. The van der Waals surface area contributed by atoms with Crippen LogP contribution < -0.4 is 5.73 Å². The van der Waals surface area contributed by atoms with Crippen LogP contribution in [0.2, 0.25) is 0 Å². The molecule has 0 aromatic heterocycles. The molecule has 0 aliphatic carbocycles. The summed E-state index contributed by atoms with van der Waals surface area (Å²) in [5, 5.41) is 14.8. The number of nitrogens with zero attached hydrogens (tertiary/aromatic N) is 1. The topological polar surface area (TPSA) is 130 Å². The highest BCUT2D eigenvalue weighted by atomic mass is 16.5. The van der Waals surface area contributed by atoms with E-state index in [1.54, 1.807) is 0 Å². The van der Waals surface area contributed by atoms with Crippen LogP contribution >= 0.6 is 0 Å². The number of carbonyl (C=O) groups is 3. The van der Waals surface area contributed by atoms with Crippen molar-refractivity contribution in [1.29, 1.82) is 0 Å². The van der Waals surface area contributed by atoms with Gasteiger partial charge in [-0.1, -0.05) is 82.2 Å². The lowest BCUT2D eigenvalue weighted by molar-refractivity contribution is -0.159. The molecule has 186 valence electrons. The largest absolute Gasteiger partial charge is 0.473 e. The first-order valence-corrected chi connectivity index (χ1v) is 12.0. The zero-order chi connectivity index (χ0) is 24.5. The number of carboxylic acids is 2. The molecule has 0 atom stereocenters. The van der Waals surface area contributed by atoms with E-state index in [0.717, 1.165) is 32.5 Å². The molecule has 0 amide bonds. The lowest BCUT2D eigenvalue weighted by Gasteiger charge is -2.37. The number of benzene rings is 1. The van der Waals surface area contributed by atoms with Crippen LogP contribution in [0, 0.1) is 0 Å². The van der Waals surface area contributed by atoms with Crippen LogP contribution in [0.3, 0.4) is 0 Å². The summed E-state index contributed by atoms with van der Waals surface area (Å²) < 4.78 is 5.50. The maximum absolute atomic E-state index is 12.4. The highest BCUT2D eigenvalue weighted by Gasteiger charge is 2.38. The summed E-state index contributed by atoms with van der Waals surface area (Å²) >= 11 is 0. The fraction of sp³-hybridized carbons (Fsp3) is 0.640. The van der Waals surface area contributed by atoms with Gasteiger partial charge in [-0.2, -0.15) is 0 Å². The Morgan fingerprint density at radius 2 is 1.42 bits per heavy atom. The standard InChI is InChI=1S/C23H38N2O2.C2H2O4/c1-2-3-4-5-6-7-8-12-19-27-22(26)23(24)15-17-25(18-16-23)20-21-13-10-9-11-14-21;3-1(4)2(5)6/h9-11,13-14H,2-8,12,15-20,24H2,1H3;(H,3,4)(H,5,6). The second kappa shape index (κ2) is 16.2. The molecule has 8 heteroatoms. The molecule has 8 nitrogen and oxygen atoms in total. The van der Waals surface area contributed by atoms with Crippen LogP contribution in [-0.2, 0) is 25.7 Å². The van der Waals surface area contributed by atoms with Crippen LogP contribution in [-0.4, -0.2) is 58.3 Å². The van der Waals surface area contributed by atoms with Crippen molar-refractivity contribution in [1.82, 2.24) is 4.90 Å². The summed E-state index contributed by atoms with van der Waals surface area (Å²) in [7, 11) is 0. The number of unbranched alkanes of at least 4 members (excludes halogenated alkanes) is 7. The lowest BCUT2D eigenvalue weighted by Crippen LogP contribution is -2.56. The van der Waals surface area contributed by atoms with Crippen LogP contribution in [0.25, 0.3) is 0 Å². The fourth-order valence-electron chi connectivity index (χ4n) is 3.70. The maximum Gasteiger partial charge on any atom is 0.414 e. The summed E-state index contributed by atoms with van der Waals surface area (Å²) in [5.74, 6) is -3.85. The molecule has 0 bridgehead atoms. The van der Waals surface area contributed by atoms with Gasteiger partial charge in [0, 0.05) is 19.6 Å². The molecule has 1 aliphatic rings. The molecule has 33 heavy (non-hydrogen) atoms. The number of carbonyl (C=O) groups excluding carboxylic acids is 1. The van der Waals surface area contributed by atoms with Gasteiger partial charge < -0.3 is 20.7 Å². The number of rotatable bonds is 12. The molecule has 0 spiro atoms. The van der Waals surface area contributed by atoms with Gasteiger partial charge in [-0.15, -0.1) is 0 Å². The predicted octanol–water partition coefficient (Wildman–Crippen LogP) is 3.82. The second-order valence-electron chi connectivity index (χ2n) is 8.64. The van der Waals surface area contributed by atoms with Crippen LogP contribution in [0.1, 0.15) is 76.7 Å². The molecular formula is C25H40N2O6. The lowest BCUT2D eigenvalue weighted by atomic mass is 9.88. The number of hydrogen-bond donors (Lipinski definition) is 3. The number of piperidine rings is 1. The van der Waals surface area contributed by atoms with Crippen molar-refractivity contribution in [3.63, 3.8) is 0 Å². The number of aliphatic carboxylic acids is 2. The van der Waals surface area contributed by atoms with Gasteiger partial charge in [0.2, 0.25) is 0 Å². The molecule has 4 N–H and O–H groups in total. The number of esters is 1. The van der Waals surface area contributed by atoms with E-state index in [9.17, 15) is 4.79 Å². The summed E-state index contributed by atoms with van der Waals surface area (Å²) in [6, 6.07) is 10.4. The highest BCUT2D eigenvalue weighted by Crippen LogP contribution is 2.23. The van der Waals surface area contributed by atoms with Crippen molar-refractivity contribution in [2.24, 2.45) is 5.73 Å². The average Bonchev–Trinajstić information content (AvgIpc) is 2.80. The molecular weight excluding hydrogens is 424 g/mol. The van der Waals surface area contributed by atoms with Gasteiger partial charge >= 0.3 is 17.9 Å². The molecule has 1 aromatic carbocycles. The Labute approximate surface area is 197 Å². The second-order valence-corrected chi connectivity index (χ2v) is 8.64. The number of likely N-dealkylation sites (tertiary alicyclic amines) is 1. The van der Waals surface area contributed by atoms with Gasteiger partial charge in [-0.05, 0) is 24.8 Å². The predicted molar refractivity (Wildman–Crippen MR) is 127 cm³/mol. The van der Waals surface area contributed by atoms with Crippen LogP contribution in [0.4, 0.5) is 0 Å². The zero-order valence-corrected chi connectivity index (χ0v) is 19.8. The molecule has 1 aliphatic heterocycles. The van der Waals surface area contributed by atoms with Gasteiger partial charge in [0.1, 0.15) is 5.54 Å². The quantitative estimate of drug-likeness (QED) is 0.242. The third kappa shape index (κ3) is 12.4. The molecule has 1 heterocycles. The van der Waals surface area contributed by atoms with Gasteiger partial charge in [0.15, 0.2) is 0 Å². The highest BCUT2D eigenvalue weighted by molar-refractivity contribution is 6.27. The molecule has 0 radical (unpaired) electrons. The molecule has 1 aromatic rings. The van der Waals surface area contributed by atoms with Gasteiger partial charge in [0.25, 0.3) is 0 Å². The van der Waals surface area contributed by atoms with E-state index < -0.39 is 17.5 Å². The Morgan fingerprint density at radius 1 is 0.909 bits per heavy atom. The Bertz CT molecular complexity index is 690. The van der Waals surface area contributed by atoms with Crippen LogP contribution in [0.15, 0.2) is 30.3 Å².